The van der Waals surface area contributed by atoms with Gasteiger partial charge in [0.25, 0.3) is 5.69 Å². The first-order chi connectivity index (χ1) is 19.4. The maximum absolute atomic E-state index is 13.9. The van der Waals surface area contributed by atoms with E-state index in [1.165, 1.54) is 25.3 Å². The monoisotopic (exact) mass is 538 g/mol. The Kier molecular flexibility index (Phi) is 6.14. The first-order valence-electron chi connectivity index (χ1n) is 12.8. The van der Waals surface area contributed by atoms with Crippen molar-refractivity contribution in [2.75, 3.05) is 26.2 Å². The Morgan fingerprint density at radius 3 is 1.68 bits per heavy atom. The van der Waals surface area contributed by atoms with Gasteiger partial charge in [-0.25, -0.2) is 4.90 Å². The fraction of sp³-hybridized carbons (Fsp3) is 0.226. The number of nitro benzene ring substituents is 1. The van der Waals surface area contributed by atoms with Crippen LogP contribution in [0.4, 0.5) is 11.4 Å². The van der Waals surface area contributed by atoms with Gasteiger partial charge in [0.1, 0.15) is 22.9 Å². The van der Waals surface area contributed by atoms with E-state index in [4.69, 9.17) is 14.2 Å². The van der Waals surface area contributed by atoms with Crippen LogP contribution in [0.25, 0.3) is 5.57 Å². The fourth-order valence-electron chi connectivity index (χ4n) is 6.32. The number of methoxy groups -OCH3 is 3. The lowest BCUT2D eigenvalue weighted by molar-refractivity contribution is -0.384. The van der Waals surface area contributed by atoms with Crippen molar-refractivity contribution in [3.8, 4) is 17.2 Å². The van der Waals surface area contributed by atoms with Gasteiger partial charge in [0, 0.05) is 24.0 Å². The third kappa shape index (κ3) is 3.77. The van der Waals surface area contributed by atoms with Crippen LogP contribution < -0.4 is 19.1 Å². The predicted octanol–water partition coefficient (Wildman–Crippen LogP) is 5.04. The number of allylic oxidation sites excluding steroid dienone is 3. The lowest BCUT2D eigenvalue weighted by atomic mass is 9.85. The summed E-state index contributed by atoms with van der Waals surface area (Å²) < 4.78 is 16.1. The molecule has 2 aliphatic carbocycles. The van der Waals surface area contributed by atoms with E-state index in [0.717, 1.165) is 38.7 Å². The van der Waals surface area contributed by atoms with Crippen molar-refractivity contribution in [1.29, 1.82) is 0 Å². The number of hydrogen-bond donors (Lipinski definition) is 0. The van der Waals surface area contributed by atoms with Crippen LogP contribution in [-0.2, 0) is 9.59 Å². The highest BCUT2D eigenvalue weighted by Gasteiger charge is 2.62. The number of nitrogens with zero attached hydrogens (tertiary/aromatic N) is 2. The molecule has 0 N–H and O–H groups in total. The van der Waals surface area contributed by atoms with Gasteiger partial charge in [-0.05, 0) is 52.6 Å². The number of rotatable bonds is 7. The highest BCUT2D eigenvalue weighted by atomic mass is 16.6. The van der Waals surface area contributed by atoms with E-state index in [1.54, 1.807) is 14.2 Å². The Morgan fingerprint density at radius 2 is 1.25 bits per heavy atom. The van der Waals surface area contributed by atoms with Crippen LogP contribution in [0.2, 0.25) is 0 Å². The number of amides is 2. The molecule has 1 heterocycles. The highest BCUT2D eigenvalue weighted by Crippen LogP contribution is 2.59. The zero-order valence-corrected chi connectivity index (χ0v) is 22.1. The van der Waals surface area contributed by atoms with Crippen molar-refractivity contribution in [2.24, 2.45) is 23.7 Å². The summed E-state index contributed by atoms with van der Waals surface area (Å²) in [5.41, 5.74) is 3.72. The molecule has 0 aromatic heterocycles. The molecule has 1 saturated carbocycles. The van der Waals surface area contributed by atoms with Gasteiger partial charge in [-0.1, -0.05) is 36.4 Å². The first-order valence-corrected chi connectivity index (χ1v) is 12.8. The number of carbonyl (C=O) groups is 2. The number of hydrogen-bond acceptors (Lipinski definition) is 7. The number of carbonyl (C=O) groups excluding carboxylic acids is 2. The minimum atomic E-state index is -0.618. The van der Waals surface area contributed by atoms with Gasteiger partial charge < -0.3 is 14.2 Å². The zero-order valence-electron chi connectivity index (χ0n) is 22.1. The van der Waals surface area contributed by atoms with Crippen LogP contribution >= 0.6 is 0 Å². The zero-order chi connectivity index (χ0) is 28.1. The number of imide groups is 1. The lowest BCUT2D eigenvalue weighted by Crippen LogP contribution is -2.33. The number of anilines is 1. The second-order valence-corrected chi connectivity index (χ2v) is 9.90. The molecule has 2 amide bonds. The van der Waals surface area contributed by atoms with Gasteiger partial charge in [-0.3, -0.25) is 19.7 Å². The summed E-state index contributed by atoms with van der Waals surface area (Å²) >= 11 is 0. The average molecular weight is 539 g/mol. The summed E-state index contributed by atoms with van der Waals surface area (Å²) in [6.45, 7) is 0. The molecule has 0 spiro atoms. The molecule has 0 radical (unpaired) electrons. The molecule has 1 saturated heterocycles. The standard InChI is InChI=1S/C31H26N2O7/c1-38-20-9-4-17(5-10-20)26(18-6-11-21(39-2)12-7-18)27-22-13-14-23(27)29-28(22)30(34)32(31(29)35)24-16-19(33(36)37)8-15-25(24)40-3/h4-16,22-23,28-29H,1-3H3/t22-,23-,28+,29+/m1/s1. The molecule has 2 bridgehead atoms. The third-order valence-corrected chi connectivity index (χ3v) is 8.08. The molecule has 202 valence electrons. The highest BCUT2D eigenvalue weighted by molar-refractivity contribution is 6.24. The van der Waals surface area contributed by atoms with E-state index < -0.39 is 16.8 Å². The van der Waals surface area contributed by atoms with Gasteiger partial charge in [-0.15, -0.1) is 0 Å². The molecular weight excluding hydrogens is 512 g/mol. The number of benzene rings is 3. The lowest BCUT2D eigenvalue weighted by Gasteiger charge is -2.22. The van der Waals surface area contributed by atoms with Gasteiger partial charge in [-0.2, -0.15) is 0 Å². The minimum absolute atomic E-state index is 0.0940. The number of fused-ring (bicyclic) bond motifs is 5. The quantitative estimate of drug-likeness (QED) is 0.179. The Balaban J connectivity index is 1.47. The SMILES string of the molecule is COc1ccc(C(=C2[C@H]3C=C[C@H]2[C@@H]2C(=O)N(c4cc([N+](=O)[O-])ccc4OC)C(=O)[C@H]23)c2ccc(OC)cc2)cc1. The van der Waals surface area contributed by atoms with E-state index in [1.807, 2.05) is 60.7 Å². The summed E-state index contributed by atoms with van der Waals surface area (Å²) in [6.07, 6.45) is 4.02. The molecule has 3 aliphatic rings. The van der Waals surface area contributed by atoms with E-state index in [2.05, 4.69) is 0 Å². The molecule has 9 nitrogen and oxygen atoms in total. The van der Waals surface area contributed by atoms with Gasteiger partial charge in [0.15, 0.2) is 0 Å². The second-order valence-electron chi connectivity index (χ2n) is 9.90. The minimum Gasteiger partial charge on any atom is -0.497 e. The van der Waals surface area contributed by atoms with Crippen LogP contribution in [-0.4, -0.2) is 38.1 Å². The number of non-ortho nitro benzene ring substituents is 1. The normalized spacial score (nSPS) is 22.5. The van der Waals surface area contributed by atoms with Crippen molar-refractivity contribution < 1.29 is 28.7 Å². The van der Waals surface area contributed by atoms with Crippen molar-refractivity contribution in [1.82, 2.24) is 0 Å². The fourth-order valence-corrected chi connectivity index (χ4v) is 6.32. The van der Waals surface area contributed by atoms with Crippen LogP contribution in [0.5, 0.6) is 17.2 Å². The molecule has 4 atom stereocenters. The van der Waals surface area contributed by atoms with Crippen LogP contribution in [0.15, 0.2) is 84.5 Å². The smallest absolute Gasteiger partial charge is 0.271 e. The Morgan fingerprint density at radius 1 is 0.750 bits per heavy atom. The summed E-state index contributed by atoms with van der Waals surface area (Å²) in [5.74, 6) is -0.945. The van der Waals surface area contributed by atoms with Crippen molar-refractivity contribution >= 4 is 28.8 Å². The molecule has 3 aromatic rings. The van der Waals surface area contributed by atoms with E-state index in [9.17, 15) is 19.7 Å². The predicted molar refractivity (Wildman–Crippen MR) is 147 cm³/mol. The maximum Gasteiger partial charge on any atom is 0.271 e. The molecule has 6 rings (SSSR count). The molecule has 40 heavy (non-hydrogen) atoms. The maximum atomic E-state index is 13.9. The Bertz CT molecular complexity index is 1510. The topological polar surface area (TPSA) is 108 Å². The van der Waals surface area contributed by atoms with Crippen LogP contribution in [0.1, 0.15) is 11.1 Å². The summed E-state index contributed by atoms with van der Waals surface area (Å²) in [6, 6.07) is 19.4. The van der Waals surface area contributed by atoms with Crippen LogP contribution in [0.3, 0.4) is 0 Å². The summed E-state index contributed by atoms with van der Waals surface area (Å²) in [5, 5.41) is 11.5. The molecular formula is C31H26N2O7. The molecule has 0 unspecified atom stereocenters. The van der Waals surface area contributed by atoms with E-state index in [0.29, 0.717) is 0 Å². The van der Waals surface area contributed by atoms with Crippen LogP contribution in [0, 0.1) is 33.8 Å². The van der Waals surface area contributed by atoms with Gasteiger partial charge >= 0.3 is 0 Å². The Labute approximate surface area is 230 Å². The third-order valence-electron chi connectivity index (χ3n) is 8.08. The molecule has 3 aromatic carbocycles. The Hall–Kier alpha value is -4.92. The largest absolute Gasteiger partial charge is 0.497 e. The molecule has 1 aliphatic heterocycles. The average Bonchev–Trinajstić information content (AvgIpc) is 3.62. The van der Waals surface area contributed by atoms with Crippen molar-refractivity contribution in [3.63, 3.8) is 0 Å². The first kappa shape index (κ1) is 25.4. The van der Waals surface area contributed by atoms with Gasteiger partial charge in [0.05, 0.1) is 38.1 Å². The van der Waals surface area contributed by atoms with E-state index >= 15 is 0 Å². The van der Waals surface area contributed by atoms with Crippen molar-refractivity contribution in [3.05, 3.63) is 106 Å². The summed E-state index contributed by atoms with van der Waals surface area (Å²) in [4.78, 5) is 39.8. The van der Waals surface area contributed by atoms with Crippen molar-refractivity contribution in [2.45, 2.75) is 0 Å². The molecule has 9 heteroatoms. The molecule has 2 fully saturated rings. The second kappa shape index (κ2) is 9.68. The number of nitro groups is 1. The van der Waals surface area contributed by atoms with E-state index in [-0.39, 0.29) is 40.8 Å². The van der Waals surface area contributed by atoms with Gasteiger partial charge in [0.2, 0.25) is 11.8 Å². The summed E-state index contributed by atoms with van der Waals surface area (Å²) in [7, 11) is 4.62. The number of ether oxygens (including phenoxy) is 3.